The van der Waals surface area contributed by atoms with Crippen molar-refractivity contribution in [2.24, 2.45) is 0 Å². The van der Waals surface area contributed by atoms with E-state index < -0.39 is 121 Å². The van der Waals surface area contributed by atoms with Gasteiger partial charge in [-0.15, -0.1) is 0 Å². The molecule has 47 heavy (non-hydrogen) atoms. The fraction of sp³-hybridized carbons (Fsp3) is 0.714. The molecule has 264 valence electrons. The van der Waals surface area contributed by atoms with Gasteiger partial charge in [-0.2, -0.15) is 0 Å². The SMILES string of the molecule is CC(=O)OC[C@H]1O[C@H](OC[C@H]2O[C@@H](SC(C)=O)[C@H](OC(C)=O)[C@@H](OC(C)=O)[C@@H]2OC(C)=O)[C@H](OC(C)=O)[C@@H](OC(C)=O)[C@H]1OC(C)=O. The molecule has 0 radical (unpaired) electrons. The highest BCUT2D eigenvalue weighted by Crippen LogP contribution is 2.36. The molecule has 2 aliphatic heterocycles. The number of hydrogen-bond donors (Lipinski definition) is 0. The van der Waals surface area contributed by atoms with Crippen molar-refractivity contribution >= 4 is 58.7 Å². The first-order valence-electron chi connectivity index (χ1n) is 14.2. The molecule has 19 heteroatoms. The summed E-state index contributed by atoms with van der Waals surface area (Å²) in [6.45, 7) is 7.51. The van der Waals surface area contributed by atoms with Crippen LogP contribution in [-0.4, -0.2) is 121 Å². The molecule has 2 rings (SSSR count). The summed E-state index contributed by atoms with van der Waals surface area (Å²) in [5.74, 6) is -5.84. The topological polar surface area (TPSA) is 229 Å². The molecule has 0 aromatic carbocycles. The molecule has 2 saturated heterocycles. The molecule has 0 bridgehead atoms. The number of carbonyl (C=O) groups is 8. The van der Waals surface area contributed by atoms with E-state index in [2.05, 4.69) is 0 Å². The number of hydrogen-bond acceptors (Lipinski definition) is 19. The Morgan fingerprint density at radius 2 is 0.851 bits per heavy atom. The van der Waals surface area contributed by atoms with Gasteiger partial charge >= 0.3 is 41.8 Å². The quantitative estimate of drug-likeness (QED) is 0.192. The fourth-order valence-electron chi connectivity index (χ4n) is 4.76. The summed E-state index contributed by atoms with van der Waals surface area (Å²) < 4.78 is 55.1. The zero-order chi connectivity index (χ0) is 35.6. The van der Waals surface area contributed by atoms with Gasteiger partial charge < -0.3 is 47.4 Å². The Morgan fingerprint density at radius 3 is 1.28 bits per heavy atom. The van der Waals surface area contributed by atoms with E-state index in [4.69, 9.17) is 47.4 Å². The Labute approximate surface area is 273 Å². The lowest BCUT2D eigenvalue weighted by atomic mass is 9.97. The normalized spacial score (nSPS) is 30.1. The van der Waals surface area contributed by atoms with Crippen LogP contribution in [0.15, 0.2) is 0 Å². The second-order valence-corrected chi connectivity index (χ2v) is 11.6. The van der Waals surface area contributed by atoms with Crippen LogP contribution in [0, 0.1) is 0 Å². The fourth-order valence-corrected chi connectivity index (χ4v) is 5.63. The lowest BCUT2D eigenvalue weighted by Gasteiger charge is -2.46. The maximum atomic E-state index is 12.2. The van der Waals surface area contributed by atoms with Crippen molar-refractivity contribution in [2.45, 2.75) is 116 Å². The number of esters is 7. The van der Waals surface area contributed by atoms with E-state index in [9.17, 15) is 38.4 Å². The van der Waals surface area contributed by atoms with E-state index in [1.165, 1.54) is 6.92 Å². The van der Waals surface area contributed by atoms with Gasteiger partial charge in [-0.25, -0.2) is 0 Å². The Kier molecular flexibility index (Phi) is 15.0. The van der Waals surface area contributed by atoms with Crippen LogP contribution < -0.4 is 0 Å². The first-order valence-corrected chi connectivity index (χ1v) is 15.0. The van der Waals surface area contributed by atoms with E-state index in [1.807, 2.05) is 0 Å². The van der Waals surface area contributed by atoms with Gasteiger partial charge in [0.2, 0.25) is 0 Å². The molecule has 2 heterocycles. The molecule has 0 aliphatic carbocycles. The lowest BCUT2D eigenvalue weighted by Crippen LogP contribution is -2.64. The molecule has 0 amide bonds. The monoisotopic (exact) mass is 694 g/mol. The summed E-state index contributed by atoms with van der Waals surface area (Å²) in [6.07, 6.45) is -13.3. The van der Waals surface area contributed by atoms with Crippen LogP contribution in [0.2, 0.25) is 0 Å². The van der Waals surface area contributed by atoms with E-state index >= 15 is 0 Å². The van der Waals surface area contributed by atoms with Gasteiger partial charge in [0.05, 0.1) is 6.61 Å². The van der Waals surface area contributed by atoms with Crippen molar-refractivity contribution in [3.05, 3.63) is 0 Å². The molecule has 0 unspecified atom stereocenters. The van der Waals surface area contributed by atoms with Crippen molar-refractivity contribution in [3.63, 3.8) is 0 Å². The number of thioether (sulfide) groups is 1. The van der Waals surface area contributed by atoms with Crippen molar-refractivity contribution in [2.75, 3.05) is 13.2 Å². The zero-order valence-corrected chi connectivity index (χ0v) is 27.8. The third kappa shape index (κ3) is 12.4. The average molecular weight is 695 g/mol. The maximum absolute atomic E-state index is 12.2. The third-order valence-electron chi connectivity index (χ3n) is 6.15. The predicted octanol–water partition coefficient (Wildman–Crippen LogP) is -0.114. The van der Waals surface area contributed by atoms with E-state index in [1.54, 1.807) is 0 Å². The molecule has 0 spiro atoms. The van der Waals surface area contributed by atoms with Crippen molar-refractivity contribution < 1.29 is 85.7 Å². The summed E-state index contributed by atoms with van der Waals surface area (Å²) in [5.41, 5.74) is -1.29. The van der Waals surface area contributed by atoms with Gasteiger partial charge in [0.15, 0.2) is 53.5 Å². The Morgan fingerprint density at radius 1 is 0.468 bits per heavy atom. The van der Waals surface area contributed by atoms with E-state index in [0.29, 0.717) is 11.8 Å². The Hall–Kier alpha value is -3.81. The van der Waals surface area contributed by atoms with Crippen LogP contribution in [0.25, 0.3) is 0 Å². The summed E-state index contributed by atoms with van der Waals surface area (Å²) in [4.78, 5) is 96.2. The molecule has 0 saturated carbocycles. The Balaban J connectivity index is 2.56. The van der Waals surface area contributed by atoms with E-state index in [0.717, 1.165) is 48.5 Å². The van der Waals surface area contributed by atoms with Gasteiger partial charge in [-0.05, 0) is 0 Å². The zero-order valence-electron chi connectivity index (χ0n) is 26.9. The van der Waals surface area contributed by atoms with Gasteiger partial charge in [0, 0.05) is 55.4 Å². The highest BCUT2D eigenvalue weighted by molar-refractivity contribution is 8.14. The molecule has 10 atom stereocenters. The molecular formula is C28H38O18S. The molecule has 0 aromatic heterocycles. The first kappa shape index (κ1) is 39.4. The average Bonchev–Trinajstić information content (AvgIpc) is 2.91. The summed E-state index contributed by atoms with van der Waals surface area (Å²) in [6, 6.07) is 0. The highest BCUT2D eigenvalue weighted by Gasteiger charge is 2.55. The number of rotatable bonds is 12. The van der Waals surface area contributed by atoms with Crippen molar-refractivity contribution in [1.29, 1.82) is 0 Å². The maximum Gasteiger partial charge on any atom is 0.303 e. The van der Waals surface area contributed by atoms with E-state index in [-0.39, 0.29) is 0 Å². The molecular weight excluding hydrogens is 656 g/mol. The minimum absolute atomic E-state index is 0.473. The van der Waals surface area contributed by atoms with Crippen LogP contribution in [-0.2, 0) is 85.7 Å². The number of ether oxygens (including phenoxy) is 10. The molecule has 18 nitrogen and oxygen atoms in total. The molecule has 0 aromatic rings. The second-order valence-electron chi connectivity index (χ2n) is 10.3. The Bertz CT molecular complexity index is 1200. The minimum Gasteiger partial charge on any atom is -0.463 e. The predicted molar refractivity (Wildman–Crippen MR) is 152 cm³/mol. The van der Waals surface area contributed by atoms with Crippen LogP contribution >= 0.6 is 11.8 Å². The second kappa shape index (κ2) is 17.9. The van der Waals surface area contributed by atoms with Gasteiger partial charge in [-0.1, -0.05) is 11.8 Å². The highest BCUT2D eigenvalue weighted by atomic mass is 32.2. The van der Waals surface area contributed by atoms with Gasteiger partial charge in [-0.3, -0.25) is 38.4 Å². The molecule has 0 N–H and O–H groups in total. The minimum atomic E-state index is -1.64. The van der Waals surface area contributed by atoms with Crippen LogP contribution in [0.1, 0.15) is 55.4 Å². The lowest BCUT2D eigenvalue weighted by molar-refractivity contribution is -0.317. The molecule has 2 fully saturated rings. The summed E-state index contributed by atoms with van der Waals surface area (Å²) in [5, 5.41) is -0.473. The van der Waals surface area contributed by atoms with Crippen molar-refractivity contribution in [1.82, 2.24) is 0 Å². The number of carbonyl (C=O) groups excluding carboxylic acids is 8. The van der Waals surface area contributed by atoms with Crippen LogP contribution in [0.5, 0.6) is 0 Å². The van der Waals surface area contributed by atoms with Gasteiger partial charge in [0.1, 0.15) is 18.8 Å². The van der Waals surface area contributed by atoms with Crippen LogP contribution in [0.4, 0.5) is 0 Å². The smallest absolute Gasteiger partial charge is 0.303 e. The summed E-state index contributed by atoms with van der Waals surface area (Å²) >= 11 is 0.594. The largest absolute Gasteiger partial charge is 0.463 e. The van der Waals surface area contributed by atoms with Gasteiger partial charge in [0.25, 0.3) is 0 Å². The first-order chi connectivity index (χ1) is 21.9. The van der Waals surface area contributed by atoms with Crippen molar-refractivity contribution in [3.8, 4) is 0 Å². The third-order valence-corrected chi connectivity index (χ3v) is 7.10. The standard InChI is InChI=1S/C28H38O18S/c1-11(29)37-9-19-21(39-12(2)30)23(41-14(4)32)25(43-16(6)34)27(45-19)38-10-20-22(40-13(3)31)24(42-15(5)33)26(44-17(7)35)28(46-20)47-18(8)36/h19-28H,9-10H2,1-8H3/t19-,20-,21+,22-,23+,24+,25-,26-,27+,28+/m1/s1. The molecule has 2 aliphatic rings. The summed E-state index contributed by atoms with van der Waals surface area (Å²) in [7, 11) is 0. The van der Waals surface area contributed by atoms with Crippen LogP contribution in [0.3, 0.4) is 0 Å².